The minimum atomic E-state index is -0.239. The lowest BCUT2D eigenvalue weighted by atomic mass is 10.1. The lowest BCUT2D eigenvalue weighted by molar-refractivity contribution is -0.121. The van der Waals surface area contributed by atoms with Crippen LogP contribution >= 0.6 is 0 Å². The zero-order chi connectivity index (χ0) is 20.9. The molecule has 4 rings (SSSR count). The molecule has 1 aromatic heterocycles. The van der Waals surface area contributed by atoms with Crippen LogP contribution in [0.25, 0.3) is 5.70 Å². The summed E-state index contributed by atoms with van der Waals surface area (Å²) in [5.74, 6) is 0.344. The van der Waals surface area contributed by atoms with Crippen molar-refractivity contribution in [3.8, 4) is 0 Å². The third-order valence-electron chi connectivity index (χ3n) is 4.92. The molecule has 30 heavy (non-hydrogen) atoms. The van der Waals surface area contributed by atoms with E-state index >= 15 is 0 Å². The number of rotatable bonds is 8. The Labute approximate surface area is 174 Å². The summed E-state index contributed by atoms with van der Waals surface area (Å²) >= 11 is 0. The van der Waals surface area contributed by atoms with Crippen LogP contribution < -0.4 is 5.32 Å². The van der Waals surface area contributed by atoms with E-state index in [0.29, 0.717) is 31.0 Å². The molecule has 1 N–H and O–H groups in total. The maximum absolute atomic E-state index is 12.5. The third kappa shape index (κ3) is 4.34. The molecule has 3 aromatic rings. The number of amides is 2. The van der Waals surface area contributed by atoms with Gasteiger partial charge in [0.2, 0.25) is 5.91 Å². The second-order valence-corrected chi connectivity index (χ2v) is 7.05. The molecule has 1 aliphatic rings. The van der Waals surface area contributed by atoms with Crippen molar-refractivity contribution in [1.82, 2.24) is 10.2 Å². The smallest absolute Gasteiger partial charge is 0.259 e. The van der Waals surface area contributed by atoms with Gasteiger partial charge >= 0.3 is 0 Å². The van der Waals surface area contributed by atoms with Crippen molar-refractivity contribution in [2.75, 3.05) is 6.54 Å². The number of ether oxygens (including phenoxy) is 1. The zero-order valence-corrected chi connectivity index (χ0v) is 16.5. The number of hydrogen-bond acceptors (Lipinski definition) is 4. The summed E-state index contributed by atoms with van der Waals surface area (Å²) < 4.78 is 10.9. The molecule has 2 aromatic carbocycles. The molecule has 0 radical (unpaired) electrons. The monoisotopic (exact) mass is 402 g/mol. The first-order chi connectivity index (χ1) is 14.6. The van der Waals surface area contributed by atoms with E-state index in [0.717, 1.165) is 22.5 Å². The molecule has 0 bridgehead atoms. The SMILES string of the molecule is C=C1c2ccccc2C(=O)N1CC(=O)NCc1cccc(COCc2ccco2)c1. The number of nitrogens with zero attached hydrogens (tertiary/aromatic N) is 1. The van der Waals surface area contributed by atoms with Crippen molar-refractivity contribution in [2.24, 2.45) is 0 Å². The quantitative estimate of drug-likeness (QED) is 0.623. The Morgan fingerprint density at radius 1 is 1.00 bits per heavy atom. The summed E-state index contributed by atoms with van der Waals surface area (Å²) in [4.78, 5) is 26.3. The second-order valence-electron chi connectivity index (χ2n) is 7.05. The van der Waals surface area contributed by atoms with Crippen LogP contribution in [0, 0.1) is 0 Å². The van der Waals surface area contributed by atoms with E-state index in [1.807, 2.05) is 48.5 Å². The maximum Gasteiger partial charge on any atom is 0.259 e. The lowest BCUT2D eigenvalue weighted by Crippen LogP contribution is -2.36. The molecular weight excluding hydrogens is 380 g/mol. The van der Waals surface area contributed by atoms with E-state index in [-0.39, 0.29) is 18.4 Å². The average Bonchev–Trinajstić information content (AvgIpc) is 3.36. The van der Waals surface area contributed by atoms with Crippen molar-refractivity contribution in [3.63, 3.8) is 0 Å². The fraction of sp³-hybridized carbons (Fsp3) is 0.167. The fourth-order valence-corrected chi connectivity index (χ4v) is 3.40. The highest BCUT2D eigenvalue weighted by Gasteiger charge is 2.31. The first-order valence-electron chi connectivity index (χ1n) is 9.66. The van der Waals surface area contributed by atoms with Gasteiger partial charge in [0.1, 0.15) is 18.9 Å². The number of benzene rings is 2. The molecule has 6 nitrogen and oxygen atoms in total. The van der Waals surface area contributed by atoms with Crippen LogP contribution in [0.5, 0.6) is 0 Å². The van der Waals surface area contributed by atoms with Gasteiger partial charge in [-0.1, -0.05) is 49.0 Å². The predicted molar refractivity (Wildman–Crippen MR) is 112 cm³/mol. The fourth-order valence-electron chi connectivity index (χ4n) is 3.40. The highest BCUT2D eigenvalue weighted by molar-refractivity contribution is 6.10. The van der Waals surface area contributed by atoms with Gasteiger partial charge in [-0.15, -0.1) is 0 Å². The van der Waals surface area contributed by atoms with E-state index in [9.17, 15) is 9.59 Å². The summed E-state index contributed by atoms with van der Waals surface area (Å²) in [6.45, 7) is 5.13. The Hall–Kier alpha value is -3.64. The molecule has 0 fully saturated rings. The minimum absolute atomic E-state index is 0.0572. The number of fused-ring (bicyclic) bond motifs is 1. The molecule has 2 amide bonds. The van der Waals surface area contributed by atoms with Gasteiger partial charge in [0.15, 0.2) is 0 Å². The van der Waals surface area contributed by atoms with E-state index in [4.69, 9.17) is 9.15 Å². The normalized spacial score (nSPS) is 12.9. The molecule has 0 saturated carbocycles. The van der Waals surface area contributed by atoms with Gasteiger partial charge in [-0.3, -0.25) is 14.5 Å². The lowest BCUT2D eigenvalue weighted by Gasteiger charge is -2.17. The molecule has 1 aliphatic heterocycles. The summed E-state index contributed by atoms with van der Waals surface area (Å²) in [5, 5.41) is 2.87. The van der Waals surface area contributed by atoms with Gasteiger partial charge in [0.05, 0.1) is 12.9 Å². The van der Waals surface area contributed by atoms with E-state index < -0.39 is 0 Å². The first kappa shape index (κ1) is 19.7. The highest BCUT2D eigenvalue weighted by atomic mass is 16.5. The zero-order valence-electron chi connectivity index (χ0n) is 16.5. The summed E-state index contributed by atoms with van der Waals surface area (Å²) in [5.41, 5.74) is 3.88. The number of nitrogens with one attached hydrogen (secondary N) is 1. The van der Waals surface area contributed by atoms with Gasteiger partial charge in [0.25, 0.3) is 5.91 Å². The van der Waals surface area contributed by atoms with Crippen molar-refractivity contribution in [3.05, 3.63) is 102 Å². The van der Waals surface area contributed by atoms with E-state index in [1.165, 1.54) is 4.90 Å². The number of furan rings is 1. The standard InChI is InChI=1S/C24H22N2O4/c1-17-21-9-2-3-10-22(21)24(28)26(17)14-23(27)25-13-18-6-4-7-19(12-18)15-29-16-20-8-5-11-30-20/h2-12H,1,13-16H2,(H,25,27). The Bertz CT molecular complexity index is 1040. The Morgan fingerprint density at radius 3 is 2.57 bits per heavy atom. The maximum atomic E-state index is 12.5. The topological polar surface area (TPSA) is 71.8 Å². The highest BCUT2D eigenvalue weighted by Crippen LogP contribution is 2.30. The van der Waals surface area contributed by atoms with Crippen molar-refractivity contribution in [1.29, 1.82) is 0 Å². The van der Waals surface area contributed by atoms with Crippen LogP contribution in [-0.4, -0.2) is 23.3 Å². The molecule has 2 heterocycles. The van der Waals surface area contributed by atoms with Crippen molar-refractivity contribution in [2.45, 2.75) is 19.8 Å². The van der Waals surface area contributed by atoms with Crippen LogP contribution in [-0.2, 0) is 29.3 Å². The van der Waals surface area contributed by atoms with Crippen LogP contribution in [0.4, 0.5) is 0 Å². The molecule has 0 atom stereocenters. The van der Waals surface area contributed by atoms with Gasteiger partial charge in [-0.2, -0.15) is 0 Å². The van der Waals surface area contributed by atoms with Crippen LogP contribution in [0.1, 0.15) is 32.8 Å². The minimum Gasteiger partial charge on any atom is -0.467 e. The van der Waals surface area contributed by atoms with E-state index in [2.05, 4.69) is 11.9 Å². The molecular formula is C24H22N2O4. The van der Waals surface area contributed by atoms with Gasteiger partial charge in [-0.25, -0.2) is 0 Å². The molecule has 0 aliphatic carbocycles. The van der Waals surface area contributed by atoms with Crippen LogP contribution in [0.15, 0.2) is 77.9 Å². The molecule has 0 spiro atoms. The van der Waals surface area contributed by atoms with E-state index in [1.54, 1.807) is 18.4 Å². The van der Waals surface area contributed by atoms with Crippen LogP contribution in [0.3, 0.4) is 0 Å². The Balaban J connectivity index is 1.28. The molecule has 6 heteroatoms. The number of carbonyl (C=O) groups is 2. The second kappa shape index (κ2) is 8.80. The van der Waals surface area contributed by atoms with Gasteiger partial charge in [0, 0.05) is 23.4 Å². The summed E-state index contributed by atoms with van der Waals surface area (Å²) in [6.07, 6.45) is 1.62. The first-order valence-corrected chi connectivity index (χ1v) is 9.66. The molecule has 152 valence electrons. The molecule has 0 unspecified atom stereocenters. The molecule has 0 saturated heterocycles. The van der Waals surface area contributed by atoms with Gasteiger partial charge < -0.3 is 14.5 Å². The Morgan fingerprint density at radius 2 is 1.80 bits per heavy atom. The third-order valence-corrected chi connectivity index (χ3v) is 4.92. The number of carbonyl (C=O) groups excluding carboxylic acids is 2. The van der Waals surface area contributed by atoms with Gasteiger partial charge in [-0.05, 0) is 29.3 Å². The predicted octanol–water partition coefficient (Wildman–Crippen LogP) is 3.74. The van der Waals surface area contributed by atoms with Crippen molar-refractivity contribution < 1.29 is 18.7 Å². The van der Waals surface area contributed by atoms with Crippen molar-refractivity contribution >= 4 is 17.5 Å². The summed E-state index contributed by atoms with van der Waals surface area (Å²) in [7, 11) is 0. The largest absolute Gasteiger partial charge is 0.467 e. The van der Waals surface area contributed by atoms with Crippen LogP contribution in [0.2, 0.25) is 0 Å². The average molecular weight is 402 g/mol. The number of hydrogen-bond donors (Lipinski definition) is 1. The Kier molecular flexibility index (Phi) is 5.77. The summed E-state index contributed by atoms with van der Waals surface area (Å²) in [6, 6.07) is 18.8.